The molecular formula is C20H17F3N4O2. The van der Waals surface area contributed by atoms with E-state index < -0.39 is 17.7 Å². The predicted octanol–water partition coefficient (Wildman–Crippen LogP) is 2.98. The summed E-state index contributed by atoms with van der Waals surface area (Å²) in [6.07, 6.45) is -1.70. The third kappa shape index (κ3) is 3.58. The number of H-pyrrole nitrogens is 1. The second-order valence-electron chi connectivity index (χ2n) is 7.25. The number of hydrogen-bond donors (Lipinski definition) is 3. The van der Waals surface area contributed by atoms with Crippen molar-refractivity contribution in [3.8, 4) is 11.8 Å². The fraction of sp³-hybridized carbons (Fsp3) is 0.350. The molecule has 9 heteroatoms. The summed E-state index contributed by atoms with van der Waals surface area (Å²) in [7, 11) is 0. The smallest absolute Gasteiger partial charge is 0.311 e. The van der Waals surface area contributed by atoms with Crippen molar-refractivity contribution in [3.05, 3.63) is 57.3 Å². The van der Waals surface area contributed by atoms with E-state index in [2.05, 4.69) is 27.1 Å². The molecule has 1 aromatic carbocycles. The van der Waals surface area contributed by atoms with Gasteiger partial charge in [0.15, 0.2) is 0 Å². The number of benzene rings is 1. The number of carbonyl (C=O) groups is 1. The fourth-order valence-electron chi connectivity index (χ4n) is 3.21. The fourth-order valence-corrected chi connectivity index (χ4v) is 3.21. The van der Waals surface area contributed by atoms with Crippen LogP contribution in [0.1, 0.15) is 35.4 Å². The number of aromatic amines is 1. The molecule has 0 bridgehead atoms. The molecule has 1 aliphatic heterocycles. The van der Waals surface area contributed by atoms with E-state index in [-0.39, 0.29) is 29.1 Å². The normalized spacial score (nSPS) is 20.8. The highest BCUT2D eigenvalue weighted by Crippen LogP contribution is 2.44. The van der Waals surface area contributed by atoms with Crippen molar-refractivity contribution in [2.75, 3.05) is 5.32 Å². The molecule has 0 radical (unpaired) electrons. The second-order valence-corrected chi connectivity index (χ2v) is 7.25. The number of rotatable bonds is 2. The van der Waals surface area contributed by atoms with Crippen LogP contribution in [0.3, 0.4) is 0 Å². The molecule has 0 spiro atoms. The van der Waals surface area contributed by atoms with Crippen LogP contribution < -0.4 is 16.2 Å². The molecule has 6 nitrogen and oxygen atoms in total. The highest BCUT2D eigenvalue weighted by Gasteiger charge is 2.59. The first-order chi connectivity index (χ1) is 13.7. The molecule has 0 unspecified atom stereocenters. The van der Waals surface area contributed by atoms with E-state index in [1.54, 1.807) is 6.92 Å². The number of aryl methyl sites for hydroxylation is 1. The van der Waals surface area contributed by atoms with Crippen LogP contribution >= 0.6 is 0 Å². The molecule has 2 aromatic rings. The minimum absolute atomic E-state index is 0.0187. The summed E-state index contributed by atoms with van der Waals surface area (Å²) in [5.74, 6) is 5.33. The molecule has 29 heavy (non-hydrogen) atoms. The van der Waals surface area contributed by atoms with Crippen LogP contribution in [0.15, 0.2) is 29.2 Å². The number of nitrogens with one attached hydrogen (secondary N) is 3. The summed E-state index contributed by atoms with van der Waals surface area (Å²) < 4.78 is 42.2. The van der Waals surface area contributed by atoms with E-state index in [1.807, 2.05) is 5.32 Å². The molecule has 1 saturated carbocycles. The summed E-state index contributed by atoms with van der Waals surface area (Å²) in [5, 5.41) is 4.40. The van der Waals surface area contributed by atoms with Crippen molar-refractivity contribution in [1.29, 1.82) is 0 Å². The molecule has 1 atom stereocenters. The van der Waals surface area contributed by atoms with Crippen molar-refractivity contribution < 1.29 is 18.0 Å². The number of carbonyl (C=O) groups excluding carboxylic acids is 1. The average molecular weight is 402 g/mol. The Bertz CT molecular complexity index is 1110. The Kier molecular flexibility index (Phi) is 4.37. The zero-order valence-electron chi connectivity index (χ0n) is 15.4. The number of urea groups is 1. The zero-order chi connectivity index (χ0) is 20.8. The maximum absolute atomic E-state index is 14.1. The van der Waals surface area contributed by atoms with Gasteiger partial charge in [-0.3, -0.25) is 4.79 Å². The van der Waals surface area contributed by atoms with Crippen LogP contribution in [0, 0.1) is 24.7 Å². The standard InChI is InChI=1S/C20H17F3N4O2/c1-11-24-10-14(17(28)25-11)8-13-4-5-15-16(9-13)26-18(29)27-19(15,20(21,22)23)7-6-12-2-3-12/h4-5,9-10,12H,2-3,8H2,1H3,(H,24,25,28)(H2,26,27,29)/t19-/m0/s1. The molecule has 150 valence electrons. The first-order valence-electron chi connectivity index (χ1n) is 9.05. The molecule has 1 fully saturated rings. The van der Waals surface area contributed by atoms with E-state index in [4.69, 9.17) is 0 Å². The van der Waals surface area contributed by atoms with Gasteiger partial charge in [0.2, 0.25) is 5.54 Å². The molecule has 4 rings (SSSR count). The molecule has 0 saturated heterocycles. The topological polar surface area (TPSA) is 86.9 Å². The summed E-state index contributed by atoms with van der Waals surface area (Å²) in [6.45, 7) is 1.64. The number of aromatic nitrogens is 2. The van der Waals surface area contributed by atoms with E-state index >= 15 is 0 Å². The Labute approximate surface area is 163 Å². The van der Waals surface area contributed by atoms with Crippen LogP contribution in [0.5, 0.6) is 0 Å². The van der Waals surface area contributed by atoms with Gasteiger partial charge in [-0.25, -0.2) is 9.78 Å². The van der Waals surface area contributed by atoms with Crippen LogP contribution in [-0.4, -0.2) is 22.2 Å². The highest BCUT2D eigenvalue weighted by atomic mass is 19.4. The first kappa shape index (κ1) is 19.1. The van der Waals surface area contributed by atoms with Gasteiger partial charge in [-0.15, -0.1) is 0 Å². The number of fused-ring (bicyclic) bond motifs is 1. The van der Waals surface area contributed by atoms with Crippen LogP contribution in [0.4, 0.5) is 23.7 Å². The number of nitrogens with zero attached hydrogens (tertiary/aromatic N) is 1. The van der Waals surface area contributed by atoms with Gasteiger partial charge in [-0.2, -0.15) is 13.2 Å². The summed E-state index contributed by atoms with van der Waals surface area (Å²) >= 11 is 0. The lowest BCUT2D eigenvalue weighted by Gasteiger charge is -2.37. The highest BCUT2D eigenvalue weighted by molar-refractivity contribution is 5.95. The molecule has 3 N–H and O–H groups in total. The number of anilines is 1. The maximum atomic E-state index is 14.1. The lowest BCUT2D eigenvalue weighted by atomic mass is 9.85. The van der Waals surface area contributed by atoms with Crippen molar-refractivity contribution >= 4 is 11.7 Å². The monoisotopic (exact) mass is 402 g/mol. The van der Waals surface area contributed by atoms with Gasteiger partial charge in [0.1, 0.15) is 5.82 Å². The Morgan fingerprint density at radius 2 is 2.03 bits per heavy atom. The van der Waals surface area contributed by atoms with E-state index in [9.17, 15) is 22.8 Å². The predicted molar refractivity (Wildman–Crippen MR) is 99.2 cm³/mol. The molecular weight excluding hydrogens is 385 g/mol. The Morgan fingerprint density at radius 3 is 2.69 bits per heavy atom. The van der Waals surface area contributed by atoms with Crippen molar-refractivity contribution in [3.63, 3.8) is 0 Å². The van der Waals surface area contributed by atoms with E-state index in [1.165, 1.54) is 24.4 Å². The first-order valence-corrected chi connectivity index (χ1v) is 9.05. The van der Waals surface area contributed by atoms with Gasteiger partial charge in [0.05, 0.1) is 0 Å². The minimum Gasteiger partial charge on any atom is -0.311 e. The summed E-state index contributed by atoms with van der Waals surface area (Å²) in [5.41, 5.74) is -2.31. The van der Waals surface area contributed by atoms with E-state index in [0.717, 1.165) is 12.8 Å². The maximum Gasteiger partial charge on any atom is 0.427 e. The van der Waals surface area contributed by atoms with Crippen LogP contribution in [0.2, 0.25) is 0 Å². The minimum atomic E-state index is -4.80. The van der Waals surface area contributed by atoms with E-state index in [0.29, 0.717) is 17.0 Å². The Morgan fingerprint density at radius 1 is 1.28 bits per heavy atom. The molecule has 1 aliphatic carbocycles. The largest absolute Gasteiger partial charge is 0.427 e. The second kappa shape index (κ2) is 6.65. The van der Waals surface area contributed by atoms with Gasteiger partial charge in [-0.1, -0.05) is 24.0 Å². The third-order valence-corrected chi connectivity index (χ3v) is 4.90. The average Bonchev–Trinajstić information content (AvgIpc) is 3.45. The number of alkyl halides is 3. The Hall–Kier alpha value is -3.28. The lowest BCUT2D eigenvalue weighted by Crippen LogP contribution is -2.59. The van der Waals surface area contributed by atoms with Crippen molar-refractivity contribution in [2.45, 2.75) is 37.9 Å². The summed E-state index contributed by atoms with van der Waals surface area (Å²) in [6, 6.07) is 3.25. The van der Waals surface area contributed by atoms with Gasteiger partial charge >= 0.3 is 12.2 Å². The van der Waals surface area contributed by atoms with Crippen molar-refractivity contribution in [1.82, 2.24) is 15.3 Å². The number of hydrogen-bond acceptors (Lipinski definition) is 3. The lowest BCUT2D eigenvalue weighted by molar-refractivity contribution is -0.178. The summed E-state index contributed by atoms with van der Waals surface area (Å²) in [4.78, 5) is 30.7. The number of halogens is 3. The SMILES string of the molecule is Cc1ncc(Cc2ccc3c(c2)NC(=O)N[C@]3(C#CC2CC2)C(F)(F)F)c(=O)[nH]1. The van der Waals surface area contributed by atoms with Gasteiger partial charge < -0.3 is 15.6 Å². The zero-order valence-corrected chi connectivity index (χ0v) is 15.4. The third-order valence-electron chi connectivity index (χ3n) is 4.90. The van der Waals surface area contributed by atoms with Gasteiger partial charge in [0, 0.05) is 35.3 Å². The molecule has 2 aliphatic rings. The quantitative estimate of drug-likeness (QED) is 0.675. The molecule has 2 heterocycles. The molecule has 2 amide bonds. The molecule has 1 aromatic heterocycles. The van der Waals surface area contributed by atoms with Gasteiger partial charge in [0.25, 0.3) is 5.56 Å². The van der Waals surface area contributed by atoms with Gasteiger partial charge in [-0.05, 0) is 31.4 Å². The van der Waals surface area contributed by atoms with Crippen molar-refractivity contribution in [2.24, 2.45) is 5.92 Å². The Balaban J connectivity index is 1.77. The van der Waals surface area contributed by atoms with Crippen LogP contribution in [-0.2, 0) is 12.0 Å². The number of amides is 2. The van der Waals surface area contributed by atoms with Crippen LogP contribution in [0.25, 0.3) is 0 Å².